The predicted molar refractivity (Wildman–Crippen MR) is 90.0 cm³/mol. The molecule has 1 unspecified atom stereocenters. The van der Waals surface area contributed by atoms with E-state index in [-0.39, 0.29) is 0 Å². The molecule has 5 heteroatoms. The lowest BCUT2D eigenvalue weighted by Gasteiger charge is -2.35. The van der Waals surface area contributed by atoms with Crippen molar-refractivity contribution in [2.75, 3.05) is 46.4 Å². The van der Waals surface area contributed by atoms with Crippen molar-refractivity contribution >= 4 is 5.96 Å². The number of guanidine groups is 1. The van der Waals surface area contributed by atoms with E-state index in [0.29, 0.717) is 0 Å². The number of hydrogen-bond acceptors (Lipinski definition) is 3. The second-order valence-corrected chi connectivity index (χ2v) is 5.63. The van der Waals surface area contributed by atoms with Crippen LogP contribution >= 0.6 is 0 Å². The standard InChI is InChI=1S/C16H34N4O/c1-4-15-9-6-7-12-20(15)13-11-19-16(17-5-2)18-10-8-14-21-3/h15H,4-14H2,1-3H3,(H2,17,18,19). The van der Waals surface area contributed by atoms with Gasteiger partial charge in [-0.05, 0) is 39.2 Å². The molecule has 1 aliphatic heterocycles. The Morgan fingerprint density at radius 3 is 2.86 bits per heavy atom. The SMILES string of the molecule is CCNC(=NCCCOC)NCCN1CCCCC1CC. The summed E-state index contributed by atoms with van der Waals surface area (Å²) in [6.45, 7) is 10.2. The van der Waals surface area contributed by atoms with Gasteiger partial charge in [0.2, 0.25) is 0 Å². The molecule has 0 aromatic carbocycles. The van der Waals surface area contributed by atoms with Gasteiger partial charge in [-0.25, -0.2) is 0 Å². The maximum atomic E-state index is 5.05. The Balaban J connectivity index is 2.28. The first kappa shape index (κ1) is 18.2. The molecule has 2 N–H and O–H groups in total. The number of hydrogen-bond donors (Lipinski definition) is 2. The summed E-state index contributed by atoms with van der Waals surface area (Å²) >= 11 is 0. The molecule has 5 nitrogen and oxygen atoms in total. The van der Waals surface area contributed by atoms with Crippen molar-refractivity contribution in [2.24, 2.45) is 4.99 Å². The second kappa shape index (κ2) is 11.8. The van der Waals surface area contributed by atoms with Gasteiger partial charge >= 0.3 is 0 Å². The van der Waals surface area contributed by atoms with Gasteiger partial charge in [-0.15, -0.1) is 0 Å². The number of likely N-dealkylation sites (tertiary alicyclic amines) is 1. The van der Waals surface area contributed by atoms with E-state index in [1.165, 1.54) is 32.2 Å². The highest BCUT2D eigenvalue weighted by Gasteiger charge is 2.19. The Bertz CT molecular complexity index is 283. The molecule has 0 spiro atoms. The molecule has 1 heterocycles. The van der Waals surface area contributed by atoms with E-state index in [0.717, 1.165) is 51.2 Å². The van der Waals surface area contributed by atoms with E-state index in [4.69, 9.17) is 4.74 Å². The maximum Gasteiger partial charge on any atom is 0.191 e. The minimum Gasteiger partial charge on any atom is -0.385 e. The van der Waals surface area contributed by atoms with Crippen LogP contribution in [0.25, 0.3) is 0 Å². The number of nitrogens with one attached hydrogen (secondary N) is 2. The molecule has 1 rings (SSSR count). The number of nitrogens with zero attached hydrogens (tertiary/aromatic N) is 2. The van der Waals surface area contributed by atoms with Crippen LogP contribution in [0.3, 0.4) is 0 Å². The number of aliphatic imine (C=N–C) groups is 1. The number of rotatable bonds is 9. The van der Waals surface area contributed by atoms with Crippen LogP contribution in [-0.2, 0) is 4.74 Å². The number of ether oxygens (including phenoxy) is 1. The van der Waals surface area contributed by atoms with Gasteiger partial charge in [0, 0.05) is 45.9 Å². The molecule has 0 radical (unpaired) electrons. The van der Waals surface area contributed by atoms with E-state index in [9.17, 15) is 0 Å². The Hall–Kier alpha value is -0.810. The molecule has 0 aromatic heterocycles. The van der Waals surface area contributed by atoms with Crippen LogP contribution in [0.5, 0.6) is 0 Å². The lowest BCUT2D eigenvalue weighted by Crippen LogP contribution is -2.46. The molecule has 1 saturated heterocycles. The van der Waals surface area contributed by atoms with E-state index >= 15 is 0 Å². The summed E-state index contributed by atoms with van der Waals surface area (Å²) in [5, 5.41) is 6.75. The lowest BCUT2D eigenvalue weighted by atomic mass is 10.0. The molecular weight excluding hydrogens is 264 g/mol. The van der Waals surface area contributed by atoms with Crippen molar-refractivity contribution in [1.29, 1.82) is 0 Å². The van der Waals surface area contributed by atoms with Gasteiger partial charge in [0.1, 0.15) is 0 Å². The molecule has 0 bridgehead atoms. The van der Waals surface area contributed by atoms with Crippen molar-refractivity contribution in [2.45, 2.75) is 52.0 Å². The van der Waals surface area contributed by atoms with Crippen molar-refractivity contribution < 1.29 is 4.74 Å². The summed E-state index contributed by atoms with van der Waals surface area (Å²) in [5.41, 5.74) is 0. The lowest BCUT2D eigenvalue weighted by molar-refractivity contribution is 0.147. The van der Waals surface area contributed by atoms with Gasteiger partial charge in [0.05, 0.1) is 0 Å². The smallest absolute Gasteiger partial charge is 0.191 e. The van der Waals surface area contributed by atoms with Gasteiger partial charge in [-0.2, -0.15) is 0 Å². The van der Waals surface area contributed by atoms with Gasteiger partial charge in [-0.1, -0.05) is 13.3 Å². The van der Waals surface area contributed by atoms with E-state index in [1.54, 1.807) is 7.11 Å². The Labute approximate surface area is 130 Å². The third-order valence-corrected chi connectivity index (χ3v) is 4.03. The number of methoxy groups -OCH3 is 1. The minimum atomic E-state index is 0.773. The van der Waals surface area contributed by atoms with Gasteiger partial charge in [0.25, 0.3) is 0 Å². The third-order valence-electron chi connectivity index (χ3n) is 4.03. The minimum absolute atomic E-state index is 0.773. The van der Waals surface area contributed by atoms with Crippen molar-refractivity contribution in [3.63, 3.8) is 0 Å². The first-order chi connectivity index (χ1) is 10.3. The fraction of sp³-hybridized carbons (Fsp3) is 0.938. The molecule has 124 valence electrons. The average Bonchev–Trinajstić information content (AvgIpc) is 2.52. The zero-order valence-corrected chi connectivity index (χ0v) is 14.2. The largest absolute Gasteiger partial charge is 0.385 e. The van der Waals surface area contributed by atoms with E-state index in [2.05, 4.69) is 34.4 Å². The summed E-state index contributed by atoms with van der Waals surface area (Å²) in [4.78, 5) is 7.20. The van der Waals surface area contributed by atoms with Gasteiger partial charge in [0.15, 0.2) is 5.96 Å². The molecule has 1 aliphatic rings. The average molecular weight is 298 g/mol. The quantitative estimate of drug-likeness (QED) is 0.387. The topological polar surface area (TPSA) is 48.9 Å². The van der Waals surface area contributed by atoms with Crippen LogP contribution in [0.15, 0.2) is 4.99 Å². The first-order valence-corrected chi connectivity index (χ1v) is 8.57. The third kappa shape index (κ3) is 7.67. The molecule has 0 aliphatic carbocycles. The Morgan fingerprint density at radius 1 is 1.29 bits per heavy atom. The highest BCUT2D eigenvalue weighted by atomic mass is 16.5. The fourth-order valence-corrected chi connectivity index (χ4v) is 2.88. The van der Waals surface area contributed by atoms with Crippen LogP contribution in [0.2, 0.25) is 0 Å². The Kier molecular flexibility index (Phi) is 10.3. The fourth-order valence-electron chi connectivity index (χ4n) is 2.88. The zero-order chi connectivity index (χ0) is 15.3. The van der Waals surface area contributed by atoms with E-state index < -0.39 is 0 Å². The summed E-state index contributed by atoms with van der Waals surface area (Å²) in [7, 11) is 1.73. The van der Waals surface area contributed by atoms with Crippen LogP contribution in [0.4, 0.5) is 0 Å². The molecule has 0 saturated carbocycles. The van der Waals surface area contributed by atoms with Crippen molar-refractivity contribution in [1.82, 2.24) is 15.5 Å². The van der Waals surface area contributed by atoms with Crippen LogP contribution in [0, 0.1) is 0 Å². The summed E-state index contributed by atoms with van der Waals surface area (Å²) < 4.78 is 5.05. The maximum absolute atomic E-state index is 5.05. The molecule has 0 amide bonds. The predicted octanol–water partition coefficient (Wildman–Crippen LogP) is 1.84. The van der Waals surface area contributed by atoms with Crippen LogP contribution in [0.1, 0.15) is 46.0 Å². The van der Waals surface area contributed by atoms with Crippen molar-refractivity contribution in [3.05, 3.63) is 0 Å². The first-order valence-electron chi connectivity index (χ1n) is 8.57. The normalized spacial score (nSPS) is 20.5. The van der Waals surface area contributed by atoms with Crippen LogP contribution < -0.4 is 10.6 Å². The zero-order valence-electron chi connectivity index (χ0n) is 14.2. The highest BCUT2D eigenvalue weighted by Crippen LogP contribution is 2.18. The van der Waals surface area contributed by atoms with Crippen molar-refractivity contribution in [3.8, 4) is 0 Å². The molecule has 1 atom stereocenters. The summed E-state index contributed by atoms with van der Waals surface area (Å²) in [6.07, 6.45) is 6.34. The molecule has 1 fully saturated rings. The Morgan fingerprint density at radius 2 is 2.14 bits per heavy atom. The van der Waals surface area contributed by atoms with Gasteiger partial charge in [-0.3, -0.25) is 9.89 Å². The van der Waals surface area contributed by atoms with E-state index in [1.807, 2.05) is 0 Å². The highest BCUT2D eigenvalue weighted by molar-refractivity contribution is 5.79. The van der Waals surface area contributed by atoms with Gasteiger partial charge < -0.3 is 15.4 Å². The molecule has 0 aromatic rings. The summed E-state index contributed by atoms with van der Waals surface area (Å²) in [6, 6.07) is 0.779. The van der Waals surface area contributed by atoms with Crippen LogP contribution in [-0.4, -0.2) is 63.3 Å². The molecular formula is C16H34N4O. The summed E-state index contributed by atoms with van der Waals surface area (Å²) in [5.74, 6) is 0.929. The number of piperidine rings is 1. The second-order valence-electron chi connectivity index (χ2n) is 5.63. The molecule has 21 heavy (non-hydrogen) atoms. The monoisotopic (exact) mass is 298 g/mol.